The largest absolute Gasteiger partial charge is 0.486 e. The Kier molecular flexibility index (Phi) is 7.59. The smallest absolute Gasteiger partial charge is 0.322 e. The fraction of sp³-hybridized carbons (Fsp3) is 0.360. The van der Waals surface area contributed by atoms with Gasteiger partial charge in [-0.1, -0.05) is 37.6 Å². The lowest BCUT2D eigenvalue weighted by Crippen LogP contribution is -2.41. The van der Waals surface area contributed by atoms with Gasteiger partial charge in [-0.05, 0) is 37.4 Å². The molecule has 2 aromatic carbocycles. The normalized spacial score (nSPS) is 12.7. The summed E-state index contributed by atoms with van der Waals surface area (Å²) in [7, 11) is 0. The molecule has 0 aliphatic carbocycles. The Morgan fingerprint density at radius 3 is 2.47 bits per heavy atom. The molecule has 1 aliphatic rings. The van der Waals surface area contributed by atoms with Crippen molar-refractivity contribution in [2.75, 3.05) is 44.7 Å². The number of hydrogen-bond acceptors (Lipinski definition) is 5. The first-order valence-electron chi connectivity index (χ1n) is 11.5. The average Bonchev–Trinajstić information content (AvgIpc) is 2.84. The van der Waals surface area contributed by atoms with Gasteiger partial charge in [0.2, 0.25) is 0 Å². The number of carbonyl (C=O) groups is 1. The van der Waals surface area contributed by atoms with Crippen LogP contribution in [-0.2, 0) is 6.54 Å². The third-order valence-electron chi connectivity index (χ3n) is 5.93. The molecule has 2 amide bonds. The molecule has 2 N–H and O–H groups in total. The highest BCUT2D eigenvalue weighted by atomic mass is 35.5. The van der Waals surface area contributed by atoms with Crippen molar-refractivity contribution in [3.63, 3.8) is 0 Å². The van der Waals surface area contributed by atoms with Gasteiger partial charge in [0.25, 0.3) is 5.56 Å². The number of halogens is 1. The average molecular weight is 485 g/mol. The van der Waals surface area contributed by atoms with Crippen LogP contribution in [0.5, 0.6) is 11.5 Å². The number of likely N-dealkylation sites (N-methyl/N-ethyl adjacent to an activating group) is 1. The monoisotopic (exact) mass is 484 g/mol. The number of aromatic nitrogens is 1. The maximum absolute atomic E-state index is 13.2. The van der Waals surface area contributed by atoms with Gasteiger partial charge in [-0.3, -0.25) is 4.79 Å². The number of amides is 2. The number of aromatic amines is 1. The fourth-order valence-electron chi connectivity index (χ4n) is 3.92. The molecule has 1 aromatic heterocycles. The summed E-state index contributed by atoms with van der Waals surface area (Å²) < 4.78 is 11.3. The van der Waals surface area contributed by atoms with Crippen LogP contribution in [0.15, 0.2) is 47.3 Å². The zero-order valence-corrected chi connectivity index (χ0v) is 20.2. The van der Waals surface area contributed by atoms with Crippen molar-refractivity contribution >= 4 is 34.2 Å². The molecule has 0 fully saturated rings. The highest BCUT2D eigenvalue weighted by Gasteiger charge is 2.19. The Hall–Kier alpha value is -3.23. The standard InChI is InChI=1S/C25H29ClN4O4/c1-3-29(4-2)9-10-30(25(32)28-20-8-6-5-7-19(20)26)16-18-13-17-14-22-23(34-12-11-33-22)15-21(17)27-24(18)31/h5-8,13-15H,3-4,9-12,16H2,1-2H3,(H,27,31)(H,28,32). The minimum atomic E-state index is -0.318. The summed E-state index contributed by atoms with van der Waals surface area (Å²) in [6.45, 7) is 8.16. The Morgan fingerprint density at radius 2 is 1.76 bits per heavy atom. The van der Waals surface area contributed by atoms with E-state index in [0.29, 0.717) is 59.6 Å². The molecule has 0 unspecified atom stereocenters. The molecule has 1 aliphatic heterocycles. The van der Waals surface area contributed by atoms with E-state index in [2.05, 4.69) is 29.0 Å². The van der Waals surface area contributed by atoms with Crippen LogP contribution in [0.4, 0.5) is 10.5 Å². The molecule has 0 atom stereocenters. The van der Waals surface area contributed by atoms with Crippen LogP contribution in [-0.4, -0.2) is 60.2 Å². The molecule has 2 heterocycles. The van der Waals surface area contributed by atoms with E-state index >= 15 is 0 Å². The third kappa shape index (κ3) is 5.46. The lowest BCUT2D eigenvalue weighted by molar-refractivity contribution is 0.172. The molecule has 0 saturated heterocycles. The molecule has 8 nitrogen and oxygen atoms in total. The van der Waals surface area contributed by atoms with Crippen molar-refractivity contribution in [3.8, 4) is 11.5 Å². The summed E-state index contributed by atoms with van der Waals surface area (Å²) in [5.74, 6) is 1.26. The van der Waals surface area contributed by atoms with Crippen molar-refractivity contribution in [2.45, 2.75) is 20.4 Å². The van der Waals surface area contributed by atoms with E-state index < -0.39 is 0 Å². The molecule has 4 rings (SSSR count). The van der Waals surface area contributed by atoms with E-state index in [9.17, 15) is 9.59 Å². The number of para-hydroxylation sites is 1. The summed E-state index contributed by atoms with van der Waals surface area (Å²) in [5, 5.41) is 4.14. The SMILES string of the molecule is CCN(CC)CCN(Cc1cc2cc3c(cc2[nH]c1=O)OCCO3)C(=O)Nc1ccccc1Cl. The van der Waals surface area contributed by atoms with Gasteiger partial charge in [-0.25, -0.2) is 4.79 Å². The topological polar surface area (TPSA) is 86.9 Å². The first-order valence-corrected chi connectivity index (χ1v) is 11.8. The lowest BCUT2D eigenvalue weighted by atomic mass is 10.1. The van der Waals surface area contributed by atoms with Crippen LogP contribution in [0.25, 0.3) is 10.9 Å². The van der Waals surface area contributed by atoms with Gasteiger partial charge in [-0.15, -0.1) is 0 Å². The number of fused-ring (bicyclic) bond motifs is 2. The number of carbonyl (C=O) groups excluding carboxylic acids is 1. The Bertz CT molecular complexity index is 1230. The number of rotatable bonds is 8. The van der Waals surface area contributed by atoms with Gasteiger partial charge in [0.05, 0.1) is 22.8 Å². The van der Waals surface area contributed by atoms with Crippen molar-refractivity contribution in [1.29, 1.82) is 0 Å². The van der Waals surface area contributed by atoms with E-state index in [-0.39, 0.29) is 18.1 Å². The predicted octanol–water partition coefficient (Wildman–Crippen LogP) is 4.33. The van der Waals surface area contributed by atoms with Gasteiger partial charge >= 0.3 is 6.03 Å². The fourth-order valence-corrected chi connectivity index (χ4v) is 4.11. The molecule has 3 aromatic rings. The van der Waals surface area contributed by atoms with Crippen LogP contribution < -0.4 is 20.3 Å². The summed E-state index contributed by atoms with van der Waals surface area (Å²) in [5.41, 5.74) is 1.42. The van der Waals surface area contributed by atoms with Gasteiger partial charge < -0.3 is 29.6 Å². The minimum absolute atomic E-state index is 0.150. The number of ether oxygens (including phenoxy) is 2. The molecular formula is C25H29ClN4O4. The van der Waals surface area contributed by atoms with Crippen LogP contribution >= 0.6 is 11.6 Å². The Balaban J connectivity index is 1.61. The maximum Gasteiger partial charge on any atom is 0.322 e. The second-order valence-corrected chi connectivity index (χ2v) is 8.47. The second kappa shape index (κ2) is 10.8. The first-order chi connectivity index (χ1) is 16.5. The zero-order valence-electron chi connectivity index (χ0n) is 19.4. The Labute approximate surface area is 203 Å². The van der Waals surface area contributed by atoms with Crippen molar-refractivity contribution in [3.05, 3.63) is 63.4 Å². The highest BCUT2D eigenvalue weighted by Crippen LogP contribution is 2.33. The maximum atomic E-state index is 13.2. The van der Waals surface area contributed by atoms with E-state index in [1.165, 1.54) is 0 Å². The molecule has 34 heavy (non-hydrogen) atoms. The number of benzene rings is 2. The zero-order chi connectivity index (χ0) is 24.1. The number of anilines is 1. The van der Waals surface area contributed by atoms with Gasteiger partial charge in [0, 0.05) is 30.1 Å². The number of urea groups is 1. The quantitative estimate of drug-likeness (QED) is 0.497. The van der Waals surface area contributed by atoms with Crippen molar-refractivity contribution in [1.82, 2.24) is 14.8 Å². The lowest BCUT2D eigenvalue weighted by Gasteiger charge is -2.27. The second-order valence-electron chi connectivity index (χ2n) is 8.07. The third-order valence-corrected chi connectivity index (χ3v) is 6.26. The Morgan fingerprint density at radius 1 is 1.06 bits per heavy atom. The van der Waals surface area contributed by atoms with Gasteiger partial charge in [0.15, 0.2) is 11.5 Å². The molecule has 9 heteroatoms. The van der Waals surface area contributed by atoms with E-state index in [0.717, 1.165) is 18.5 Å². The van der Waals surface area contributed by atoms with E-state index in [4.69, 9.17) is 21.1 Å². The van der Waals surface area contributed by atoms with E-state index in [1.807, 2.05) is 12.1 Å². The molecule has 180 valence electrons. The van der Waals surface area contributed by atoms with E-state index in [1.54, 1.807) is 35.2 Å². The predicted molar refractivity (Wildman–Crippen MR) is 134 cm³/mol. The van der Waals surface area contributed by atoms with Gasteiger partial charge in [0.1, 0.15) is 13.2 Å². The van der Waals surface area contributed by atoms with Gasteiger partial charge in [-0.2, -0.15) is 0 Å². The number of nitrogens with zero attached hydrogens (tertiary/aromatic N) is 2. The molecule has 0 radical (unpaired) electrons. The number of pyridine rings is 1. The number of H-pyrrole nitrogens is 1. The summed E-state index contributed by atoms with van der Waals surface area (Å²) >= 11 is 6.24. The summed E-state index contributed by atoms with van der Waals surface area (Å²) in [6.07, 6.45) is 0. The highest BCUT2D eigenvalue weighted by molar-refractivity contribution is 6.33. The van der Waals surface area contributed by atoms with Crippen LogP contribution in [0.2, 0.25) is 5.02 Å². The number of nitrogens with one attached hydrogen (secondary N) is 2. The molecule has 0 saturated carbocycles. The minimum Gasteiger partial charge on any atom is -0.486 e. The summed E-state index contributed by atoms with van der Waals surface area (Å²) in [4.78, 5) is 32.9. The van der Waals surface area contributed by atoms with Crippen LogP contribution in [0.3, 0.4) is 0 Å². The number of hydrogen-bond donors (Lipinski definition) is 2. The van der Waals surface area contributed by atoms with Crippen LogP contribution in [0, 0.1) is 0 Å². The van der Waals surface area contributed by atoms with Crippen molar-refractivity contribution < 1.29 is 14.3 Å². The first kappa shape index (κ1) is 23.9. The van der Waals surface area contributed by atoms with Crippen molar-refractivity contribution in [2.24, 2.45) is 0 Å². The summed E-state index contributed by atoms with van der Waals surface area (Å²) in [6, 6.07) is 12.2. The van der Waals surface area contributed by atoms with Crippen LogP contribution in [0.1, 0.15) is 19.4 Å². The molecular weight excluding hydrogens is 456 g/mol. The molecule has 0 bridgehead atoms. The molecule has 0 spiro atoms.